The monoisotopic (exact) mass is 278 g/mol. The van der Waals surface area contributed by atoms with Gasteiger partial charge in [-0.25, -0.2) is 4.98 Å². The van der Waals surface area contributed by atoms with Crippen molar-refractivity contribution in [1.82, 2.24) is 9.38 Å². The van der Waals surface area contributed by atoms with Crippen LogP contribution in [0.3, 0.4) is 0 Å². The van der Waals surface area contributed by atoms with Crippen LogP contribution in [0.4, 0.5) is 0 Å². The number of rotatable bonds is 0. The van der Waals surface area contributed by atoms with E-state index >= 15 is 0 Å². The lowest BCUT2D eigenvalue weighted by atomic mass is 9.91. The SMILES string of the molecule is Cc1cc(Br)cn2c3c(nc12)C(C)CCC3. The molecule has 0 aromatic carbocycles. The molecule has 2 heterocycles. The summed E-state index contributed by atoms with van der Waals surface area (Å²) < 4.78 is 3.40. The Balaban J connectivity index is 2.36. The molecule has 1 unspecified atom stereocenters. The van der Waals surface area contributed by atoms with E-state index in [4.69, 9.17) is 4.98 Å². The third-order valence-corrected chi connectivity index (χ3v) is 3.95. The van der Waals surface area contributed by atoms with E-state index in [9.17, 15) is 0 Å². The van der Waals surface area contributed by atoms with Gasteiger partial charge in [-0.15, -0.1) is 0 Å². The van der Waals surface area contributed by atoms with Crippen molar-refractivity contribution in [2.45, 2.75) is 39.0 Å². The molecule has 1 atom stereocenters. The van der Waals surface area contributed by atoms with Gasteiger partial charge in [0.2, 0.25) is 0 Å². The predicted octanol–water partition coefficient (Wildman–Crippen LogP) is 3.85. The number of hydrogen-bond acceptors (Lipinski definition) is 1. The Morgan fingerprint density at radius 1 is 1.50 bits per heavy atom. The third-order valence-electron chi connectivity index (χ3n) is 3.52. The minimum absolute atomic E-state index is 0.613. The summed E-state index contributed by atoms with van der Waals surface area (Å²) in [7, 11) is 0. The molecule has 2 aromatic rings. The molecule has 1 aliphatic carbocycles. The second-order valence-electron chi connectivity index (χ2n) is 4.77. The fourth-order valence-electron chi connectivity index (χ4n) is 2.69. The third kappa shape index (κ3) is 1.41. The molecule has 3 rings (SSSR count). The molecular formula is C13H15BrN2. The molecule has 1 aliphatic rings. The summed E-state index contributed by atoms with van der Waals surface area (Å²) >= 11 is 3.56. The lowest BCUT2D eigenvalue weighted by Gasteiger charge is -2.17. The van der Waals surface area contributed by atoms with Gasteiger partial charge in [0.25, 0.3) is 0 Å². The number of imidazole rings is 1. The van der Waals surface area contributed by atoms with E-state index in [0.29, 0.717) is 5.92 Å². The van der Waals surface area contributed by atoms with Gasteiger partial charge in [-0.1, -0.05) is 6.92 Å². The van der Waals surface area contributed by atoms with Crippen LogP contribution in [0.1, 0.15) is 42.6 Å². The zero-order chi connectivity index (χ0) is 11.3. The number of aromatic nitrogens is 2. The summed E-state index contributed by atoms with van der Waals surface area (Å²) in [5.74, 6) is 0.613. The Morgan fingerprint density at radius 2 is 2.31 bits per heavy atom. The van der Waals surface area contributed by atoms with E-state index in [-0.39, 0.29) is 0 Å². The van der Waals surface area contributed by atoms with Crippen LogP contribution in [0, 0.1) is 6.92 Å². The van der Waals surface area contributed by atoms with Crippen molar-refractivity contribution in [2.75, 3.05) is 0 Å². The van der Waals surface area contributed by atoms with Crippen molar-refractivity contribution in [3.05, 3.63) is 33.7 Å². The van der Waals surface area contributed by atoms with Gasteiger partial charge in [-0.2, -0.15) is 0 Å². The molecule has 0 N–H and O–H groups in total. The molecule has 3 heteroatoms. The number of hydrogen-bond donors (Lipinski definition) is 0. The number of halogens is 1. The lowest BCUT2D eigenvalue weighted by Crippen LogP contribution is -2.07. The van der Waals surface area contributed by atoms with Gasteiger partial charge >= 0.3 is 0 Å². The number of aryl methyl sites for hydroxylation is 2. The average molecular weight is 279 g/mol. The van der Waals surface area contributed by atoms with Crippen molar-refractivity contribution in [1.29, 1.82) is 0 Å². The van der Waals surface area contributed by atoms with Crippen molar-refractivity contribution >= 4 is 21.6 Å². The fourth-order valence-corrected chi connectivity index (χ4v) is 3.24. The van der Waals surface area contributed by atoms with Gasteiger partial charge < -0.3 is 4.40 Å². The van der Waals surface area contributed by atoms with Crippen LogP contribution in [0.15, 0.2) is 16.7 Å². The average Bonchev–Trinajstić information content (AvgIpc) is 2.59. The molecule has 84 valence electrons. The molecule has 0 spiro atoms. The summed E-state index contributed by atoms with van der Waals surface area (Å²) in [6.07, 6.45) is 5.87. The van der Waals surface area contributed by atoms with Crippen LogP contribution in [0.25, 0.3) is 5.65 Å². The van der Waals surface area contributed by atoms with Gasteiger partial charge in [0.15, 0.2) is 0 Å². The summed E-state index contributed by atoms with van der Waals surface area (Å²) in [5, 5.41) is 0. The Labute approximate surface area is 104 Å². The highest BCUT2D eigenvalue weighted by Crippen LogP contribution is 2.32. The first kappa shape index (κ1) is 10.3. The number of nitrogens with zero attached hydrogens (tertiary/aromatic N) is 2. The Hall–Kier alpha value is -0.830. The first-order valence-corrected chi connectivity index (χ1v) is 6.63. The van der Waals surface area contributed by atoms with E-state index < -0.39 is 0 Å². The minimum atomic E-state index is 0.613. The summed E-state index contributed by atoms with van der Waals surface area (Å²) in [6, 6.07) is 2.14. The van der Waals surface area contributed by atoms with E-state index in [0.717, 1.165) is 16.5 Å². The molecule has 16 heavy (non-hydrogen) atoms. The molecule has 0 fully saturated rings. The fraction of sp³-hybridized carbons (Fsp3) is 0.462. The van der Waals surface area contributed by atoms with Gasteiger partial charge in [0.1, 0.15) is 5.65 Å². The minimum Gasteiger partial charge on any atom is -0.302 e. The van der Waals surface area contributed by atoms with Gasteiger partial charge in [-0.3, -0.25) is 0 Å². The second kappa shape index (κ2) is 3.59. The smallest absolute Gasteiger partial charge is 0.140 e. The molecule has 0 bridgehead atoms. The topological polar surface area (TPSA) is 17.3 Å². The number of fused-ring (bicyclic) bond motifs is 3. The maximum Gasteiger partial charge on any atom is 0.140 e. The van der Waals surface area contributed by atoms with Gasteiger partial charge in [0.05, 0.1) is 5.69 Å². The Kier molecular flexibility index (Phi) is 2.32. The molecule has 0 aliphatic heterocycles. The highest BCUT2D eigenvalue weighted by Gasteiger charge is 2.22. The van der Waals surface area contributed by atoms with Crippen LogP contribution in [0.2, 0.25) is 0 Å². The second-order valence-corrected chi connectivity index (χ2v) is 5.69. The Bertz CT molecular complexity index is 557. The van der Waals surface area contributed by atoms with Crippen LogP contribution in [0.5, 0.6) is 0 Å². The van der Waals surface area contributed by atoms with Crippen LogP contribution < -0.4 is 0 Å². The highest BCUT2D eigenvalue weighted by atomic mass is 79.9. The summed E-state index contributed by atoms with van der Waals surface area (Å²) in [5.41, 5.74) is 5.10. The van der Waals surface area contributed by atoms with Gasteiger partial charge in [-0.05, 0) is 53.7 Å². The first-order valence-electron chi connectivity index (χ1n) is 5.84. The molecule has 0 amide bonds. The quantitative estimate of drug-likeness (QED) is 0.716. The Morgan fingerprint density at radius 3 is 3.12 bits per heavy atom. The molecule has 2 nitrogen and oxygen atoms in total. The van der Waals surface area contributed by atoms with E-state index in [2.05, 4.69) is 46.4 Å². The van der Waals surface area contributed by atoms with E-state index in [1.807, 2.05) is 0 Å². The van der Waals surface area contributed by atoms with Crippen molar-refractivity contribution in [3.8, 4) is 0 Å². The largest absolute Gasteiger partial charge is 0.302 e. The predicted molar refractivity (Wildman–Crippen MR) is 69.0 cm³/mol. The standard InChI is InChI=1S/C13H15BrN2/c1-8-4-3-5-11-12(8)15-13-9(2)6-10(14)7-16(11)13/h6-8H,3-5H2,1-2H3. The number of pyridine rings is 1. The zero-order valence-corrected chi connectivity index (χ0v) is 11.2. The normalized spacial score (nSPS) is 20.1. The molecule has 0 saturated carbocycles. The summed E-state index contributed by atoms with van der Waals surface area (Å²) in [6.45, 7) is 4.41. The highest BCUT2D eigenvalue weighted by molar-refractivity contribution is 9.10. The first-order chi connectivity index (χ1) is 7.66. The van der Waals surface area contributed by atoms with Crippen molar-refractivity contribution in [3.63, 3.8) is 0 Å². The molecule has 0 saturated heterocycles. The lowest BCUT2D eigenvalue weighted by molar-refractivity contribution is 0.570. The molecular weight excluding hydrogens is 264 g/mol. The van der Waals surface area contributed by atoms with E-state index in [1.54, 1.807) is 0 Å². The van der Waals surface area contributed by atoms with E-state index in [1.165, 1.54) is 29.8 Å². The van der Waals surface area contributed by atoms with Crippen molar-refractivity contribution in [2.24, 2.45) is 0 Å². The molecule has 0 radical (unpaired) electrons. The van der Waals surface area contributed by atoms with Crippen molar-refractivity contribution < 1.29 is 0 Å². The van der Waals surface area contributed by atoms with Crippen LogP contribution in [-0.2, 0) is 6.42 Å². The maximum absolute atomic E-state index is 4.82. The van der Waals surface area contributed by atoms with Crippen LogP contribution >= 0.6 is 15.9 Å². The zero-order valence-electron chi connectivity index (χ0n) is 9.63. The van der Waals surface area contributed by atoms with Crippen LogP contribution in [-0.4, -0.2) is 9.38 Å². The summed E-state index contributed by atoms with van der Waals surface area (Å²) in [4.78, 5) is 4.82. The van der Waals surface area contributed by atoms with Gasteiger partial charge in [0, 0.05) is 22.3 Å². The molecule has 2 aromatic heterocycles. The maximum atomic E-state index is 4.82.